The predicted molar refractivity (Wildman–Crippen MR) is 117 cm³/mol. The molecule has 2 heterocycles. The molecular weight excluding hydrogens is 407 g/mol. The first-order chi connectivity index (χ1) is 14.0. The predicted octanol–water partition coefficient (Wildman–Crippen LogP) is 4.72. The van der Waals surface area contributed by atoms with Crippen LogP contribution in [0.4, 0.5) is 5.82 Å². The summed E-state index contributed by atoms with van der Waals surface area (Å²) in [6.45, 7) is 4.46. The van der Waals surface area contributed by atoms with E-state index < -0.39 is 0 Å². The third-order valence-electron chi connectivity index (χ3n) is 4.94. The van der Waals surface area contributed by atoms with Crippen LogP contribution in [0, 0.1) is 6.92 Å². The Hall–Kier alpha value is -2.63. The van der Waals surface area contributed by atoms with Gasteiger partial charge in [-0.15, -0.1) is 0 Å². The minimum Gasteiger partial charge on any atom is -0.353 e. The van der Waals surface area contributed by atoms with Gasteiger partial charge in [0.05, 0.1) is 16.3 Å². The molecule has 0 radical (unpaired) electrons. The number of rotatable bonds is 3. The van der Waals surface area contributed by atoms with E-state index in [-0.39, 0.29) is 5.91 Å². The van der Waals surface area contributed by atoms with E-state index >= 15 is 0 Å². The Morgan fingerprint density at radius 3 is 2.38 bits per heavy atom. The fraction of sp³-hybridized carbons (Fsp3) is 0.227. The number of hydrogen-bond acceptors (Lipinski definition) is 4. The largest absolute Gasteiger partial charge is 0.353 e. The molecule has 3 aromatic rings. The summed E-state index contributed by atoms with van der Waals surface area (Å²) in [7, 11) is 0. The Morgan fingerprint density at radius 1 is 0.931 bits per heavy atom. The second-order valence-corrected chi connectivity index (χ2v) is 7.77. The van der Waals surface area contributed by atoms with Gasteiger partial charge in [0.25, 0.3) is 5.91 Å². The quantitative estimate of drug-likeness (QED) is 0.607. The highest BCUT2D eigenvalue weighted by atomic mass is 35.5. The van der Waals surface area contributed by atoms with Gasteiger partial charge in [-0.2, -0.15) is 0 Å². The summed E-state index contributed by atoms with van der Waals surface area (Å²) in [6, 6.07) is 17.0. The summed E-state index contributed by atoms with van der Waals surface area (Å²) in [5.41, 5.74) is 2.40. The van der Waals surface area contributed by atoms with Crippen LogP contribution in [-0.2, 0) is 0 Å². The van der Waals surface area contributed by atoms with E-state index in [4.69, 9.17) is 23.2 Å². The number of carbonyl (C=O) groups excluding carboxylic acids is 1. The van der Waals surface area contributed by atoms with Gasteiger partial charge in [0.15, 0.2) is 0 Å². The van der Waals surface area contributed by atoms with Gasteiger partial charge in [0.1, 0.15) is 11.6 Å². The highest BCUT2D eigenvalue weighted by molar-refractivity contribution is 6.35. The molecule has 0 atom stereocenters. The lowest BCUT2D eigenvalue weighted by molar-refractivity contribution is 0.0746. The number of amides is 1. The number of nitrogens with zero attached hydrogens (tertiary/aromatic N) is 4. The Balaban J connectivity index is 1.49. The van der Waals surface area contributed by atoms with E-state index in [1.165, 1.54) is 0 Å². The zero-order chi connectivity index (χ0) is 20.4. The number of carbonyl (C=O) groups is 1. The van der Waals surface area contributed by atoms with Crippen LogP contribution in [0.5, 0.6) is 0 Å². The number of hydrogen-bond donors (Lipinski definition) is 0. The van der Waals surface area contributed by atoms with E-state index in [9.17, 15) is 4.79 Å². The van der Waals surface area contributed by atoms with Gasteiger partial charge in [-0.3, -0.25) is 4.79 Å². The van der Waals surface area contributed by atoms with E-state index in [1.54, 1.807) is 23.1 Å². The van der Waals surface area contributed by atoms with Gasteiger partial charge < -0.3 is 9.80 Å². The van der Waals surface area contributed by atoms with Crippen molar-refractivity contribution < 1.29 is 4.79 Å². The van der Waals surface area contributed by atoms with Crippen molar-refractivity contribution in [3.63, 3.8) is 0 Å². The Kier molecular flexibility index (Phi) is 5.69. The van der Waals surface area contributed by atoms with Crippen LogP contribution >= 0.6 is 23.2 Å². The molecule has 0 N–H and O–H groups in total. The van der Waals surface area contributed by atoms with Crippen LogP contribution < -0.4 is 4.90 Å². The lowest BCUT2D eigenvalue weighted by Crippen LogP contribution is -2.49. The minimum atomic E-state index is -0.0963. The second kappa shape index (κ2) is 8.39. The molecule has 148 valence electrons. The average molecular weight is 427 g/mol. The lowest BCUT2D eigenvalue weighted by Gasteiger charge is -2.35. The van der Waals surface area contributed by atoms with Gasteiger partial charge in [-0.1, -0.05) is 53.5 Å². The molecule has 1 aromatic heterocycles. The van der Waals surface area contributed by atoms with E-state index in [0.29, 0.717) is 41.8 Å². The molecule has 1 saturated heterocycles. The molecule has 1 aliphatic rings. The second-order valence-electron chi connectivity index (χ2n) is 6.93. The number of aryl methyl sites for hydroxylation is 1. The van der Waals surface area contributed by atoms with Crippen LogP contribution in [0.25, 0.3) is 11.3 Å². The van der Waals surface area contributed by atoms with Crippen molar-refractivity contribution in [3.05, 3.63) is 76.0 Å². The maximum Gasteiger partial charge on any atom is 0.255 e. The molecule has 0 unspecified atom stereocenters. The van der Waals surface area contributed by atoms with Crippen molar-refractivity contribution >= 4 is 34.9 Å². The molecule has 5 nitrogen and oxygen atoms in total. The topological polar surface area (TPSA) is 49.3 Å². The summed E-state index contributed by atoms with van der Waals surface area (Å²) in [5.74, 6) is 1.51. The molecule has 2 aromatic carbocycles. The van der Waals surface area contributed by atoms with Crippen molar-refractivity contribution in [3.8, 4) is 11.3 Å². The zero-order valence-corrected chi connectivity index (χ0v) is 17.5. The van der Waals surface area contributed by atoms with E-state index in [2.05, 4.69) is 14.9 Å². The van der Waals surface area contributed by atoms with Crippen molar-refractivity contribution in [2.24, 2.45) is 0 Å². The Morgan fingerprint density at radius 2 is 1.66 bits per heavy atom. The van der Waals surface area contributed by atoms with Crippen molar-refractivity contribution in [1.29, 1.82) is 0 Å². The third kappa shape index (κ3) is 4.36. The molecule has 7 heteroatoms. The van der Waals surface area contributed by atoms with Crippen LogP contribution in [0.1, 0.15) is 16.2 Å². The first-order valence-corrected chi connectivity index (χ1v) is 10.2. The molecule has 29 heavy (non-hydrogen) atoms. The van der Waals surface area contributed by atoms with Gasteiger partial charge in [-0.25, -0.2) is 9.97 Å². The molecule has 1 aliphatic heterocycles. The molecule has 1 fully saturated rings. The average Bonchev–Trinajstić information content (AvgIpc) is 2.75. The first kappa shape index (κ1) is 19.7. The monoisotopic (exact) mass is 426 g/mol. The first-order valence-electron chi connectivity index (χ1n) is 9.41. The molecule has 0 spiro atoms. The molecular formula is C22H20Cl2N4O. The maximum absolute atomic E-state index is 12.8. The smallest absolute Gasteiger partial charge is 0.255 e. The Labute approximate surface area is 179 Å². The molecule has 0 saturated carbocycles. The van der Waals surface area contributed by atoms with Crippen molar-refractivity contribution in [2.75, 3.05) is 31.1 Å². The minimum absolute atomic E-state index is 0.0963. The third-order valence-corrected chi connectivity index (χ3v) is 5.51. The number of benzene rings is 2. The highest BCUT2D eigenvalue weighted by Crippen LogP contribution is 2.25. The lowest BCUT2D eigenvalue weighted by atomic mass is 10.1. The molecule has 0 bridgehead atoms. The zero-order valence-electron chi connectivity index (χ0n) is 16.0. The number of piperazine rings is 1. The fourth-order valence-electron chi connectivity index (χ4n) is 3.44. The summed E-state index contributed by atoms with van der Waals surface area (Å²) in [6.07, 6.45) is 0. The van der Waals surface area contributed by atoms with Gasteiger partial charge in [0, 0.05) is 42.8 Å². The van der Waals surface area contributed by atoms with Crippen LogP contribution in [0.2, 0.25) is 10.0 Å². The SMILES string of the molecule is Cc1nc(-c2ccccc2)cc(N2CCN(C(=O)c3cc(Cl)ccc3Cl)CC2)n1. The van der Waals surface area contributed by atoms with Crippen molar-refractivity contribution in [2.45, 2.75) is 6.92 Å². The molecule has 0 aliphatic carbocycles. The Bertz CT molecular complexity index is 1030. The summed E-state index contributed by atoms with van der Waals surface area (Å²) < 4.78 is 0. The number of anilines is 1. The van der Waals surface area contributed by atoms with Crippen molar-refractivity contribution in [1.82, 2.24) is 14.9 Å². The van der Waals surface area contributed by atoms with E-state index in [1.807, 2.05) is 43.3 Å². The standard InChI is InChI=1S/C22H20Cl2N4O/c1-15-25-20(16-5-3-2-4-6-16)14-21(26-15)27-9-11-28(12-10-27)22(29)18-13-17(23)7-8-19(18)24/h2-8,13-14H,9-12H2,1H3. The molecule has 1 amide bonds. The molecule has 4 rings (SSSR count). The number of aromatic nitrogens is 2. The van der Waals surface area contributed by atoms with Crippen LogP contribution in [-0.4, -0.2) is 47.0 Å². The van der Waals surface area contributed by atoms with Gasteiger partial charge >= 0.3 is 0 Å². The summed E-state index contributed by atoms with van der Waals surface area (Å²) in [4.78, 5) is 26.0. The summed E-state index contributed by atoms with van der Waals surface area (Å²) in [5, 5.41) is 0.919. The van der Waals surface area contributed by atoms with E-state index in [0.717, 1.165) is 22.9 Å². The summed E-state index contributed by atoms with van der Waals surface area (Å²) >= 11 is 12.2. The van der Waals surface area contributed by atoms with Gasteiger partial charge in [0.2, 0.25) is 0 Å². The van der Waals surface area contributed by atoms with Crippen LogP contribution in [0.15, 0.2) is 54.6 Å². The number of halogens is 2. The van der Waals surface area contributed by atoms with Crippen LogP contribution in [0.3, 0.4) is 0 Å². The maximum atomic E-state index is 12.8. The fourth-order valence-corrected chi connectivity index (χ4v) is 3.81. The van der Waals surface area contributed by atoms with Gasteiger partial charge in [-0.05, 0) is 25.1 Å². The highest BCUT2D eigenvalue weighted by Gasteiger charge is 2.25. The normalized spacial score (nSPS) is 14.2.